The Balaban J connectivity index is 1.34. The van der Waals surface area contributed by atoms with Gasteiger partial charge in [0, 0.05) is 66.4 Å². The van der Waals surface area contributed by atoms with E-state index >= 15 is 0 Å². The van der Waals surface area contributed by atoms with Gasteiger partial charge in [0.2, 0.25) is 5.91 Å². The van der Waals surface area contributed by atoms with Gasteiger partial charge in [-0.2, -0.15) is 0 Å². The molecule has 2 aromatic heterocycles. The van der Waals surface area contributed by atoms with Gasteiger partial charge in [0.1, 0.15) is 5.69 Å². The number of hydrogen-bond donors (Lipinski definition) is 3. The minimum absolute atomic E-state index is 0.0287. The predicted molar refractivity (Wildman–Crippen MR) is 144 cm³/mol. The number of aromatic amines is 1. The molecule has 0 saturated heterocycles. The normalized spacial score (nSPS) is 21.9. The zero-order chi connectivity index (χ0) is 26.3. The average Bonchev–Trinajstić information content (AvgIpc) is 3.48. The van der Waals surface area contributed by atoms with Gasteiger partial charge >= 0.3 is 0 Å². The van der Waals surface area contributed by atoms with E-state index < -0.39 is 6.04 Å². The largest absolute Gasteiger partial charge is 0.351 e. The number of likely N-dealkylation sites (N-methyl/N-ethyl adjacent to an activating group) is 1. The predicted octanol–water partition coefficient (Wildman–Crippen LogP) is 3.05. The number of aromatic nitrogens is 2. The molecule has 1 saturated carbocycles. The van der Waals surface area contributed by atoms with Crippen LogP contribution in [-0.2, 0) is 17.8 Å². The van der Waals surface area contributed by atoms with Gasteiger partial charge < -0.3 is 25.4 Å². The van der Waals surface area contributed by atoms with Crippen molar-refractivity contribution < 1.29 is 14.4 Å². The molecule has 0 radical (unpaired) electrons. The van der Waals surface area contributed by atoms with E-state index in [9.17, 15) is 14.4 Å². The quantitative estimate of drug-likeness (QED) is 0.459. The van der Waals surface area contributed by atoms with Gasteiger partial charge in [-0.3, -0.25) is 14.4 Å². The molecule has 5 rings (SSSR count). The highest BCUT2D eigenvalue weighted by atomic mass is 35.5. The van der Waals surface area contributed by atoms with E-state index in [1.807, 2.05) is 6.07 Å². The summed E-state index contributed by atoms with van der Waals surface area (Å²) in [5.74, 6) is -0.718. The van der Waals surface area contributed by atoms with Crippen molar-refractivity contribution in [1.82, 2.24) is 30.4 Å². The first-order valence-electron chi connectivity index (χ1n) is 12.5. The molecule has 3 heterocycles. The Morgan fingerprint density at radius 1 is 1.14 bits per heavy atom. The highest BCUT2D eigenvalue weighted by Gasteiger charge is 2.37. The SMILES string of the molecule is CN1CCc2nc(C(=O)NC3CC[C@H](C(=O)N(C)C)CC3NC(=O)c3cc4cc(Cl)ccc4[nH]3)sc2C1. The summed E-state index contributed by atoms with van der Waals surface area (Å²) in [6, 6.07) is 6.42. The van der Waals surface area contributed by atoms with Gasteiger partial charge in [0.15, 0.2) is 5.01 Å². The van der Waals surface area contributed by atoms with E-state index in [4.69, 9.17) is 11.6 Å². The fourth-order valence-corrected chi connectivity index (χ4v) is 6.49. The number of amides is 3. The lowest BCUT2D eigenvalue weighted by Gasteiger charge is -2.37. The van der Waals surface area contributed by atoms with E-state index in [1.54, 1.807) is 37.2 Å². The molecule has 196 valence electrons. The van der Waals surface area contributed by atoms with Crippen molar-refractivity contribution in [1.29, 1.82) is 0 Å². The van der Waals surface area contributed by atoms with Gasteiger partial charge in [0.05, 0.1) is 11.7 Å². The van der Waals surface area contributed by atoms with Crippen LogP contribution in [0, 0.1) is 5.92 Å². The second kappa shape index (κ2) is 10.4. The number of hydrogen-bond acceptors (Lipinski definition) is 6. The molecule has 1 aliphatic carbocycles. The summed E-state index contributed by atoms with van der Waals surface area (Å²) in [5, 5.41) is 8.08. The third-order valence-corrected chi connectivity index (χ3v) is 8.53. The Hall–Kier alpha value is -2.95. The molecular formula is C26H31ClN6O3S. The molecule has 2 aliphatic rings. The third kappa shape index (κ3) is 5.51. The van der Waals surface area contributed by atoms with Crippen LogP contribution in [0.5, 0.6) is 0 Å². The molecule has 0 spiro atoms. The highest BCUT2D eigenvalue weighted by molar-refractivity contribution is 7.13. The Bertz CT molecular complexity index is 1350. The number of fused-ring (bicyclic) bond motifs is 2. The molecular weight excluding hydrogens is 512 g/mol. The number of benzene rings is 1. The van der Waals surface area contributed by atoms with Crippen LogP contribution in [-0.4, -0.2) is 77.3 Å². The van der Waals surface area contributed by atoms with Gasteiger partial charge in [-0.1, -0.05) is 11.6 Å². The lowest BCUT2D eigenvalue weighted by molar-refractivity contribution is -0.134. The van der Waals surface area contributed by atoms with Gasteiger partial charge in [0.25, 0.3) is 11.8 Å². The third-order valence-electron chi connectivity index (χ3n) is 7.22. The lowest BCUT2D eigenvalue weighted by Crippen LogP contribution is -2.56. The fourth-order valence-electron chi connectivity index (χ4n) is 5.21. The first-order valence-corrected chi connectivity index (χ1v) is 13.7. The number of carbonyl (C=O) groups is 3. The van der Waals surface area contributed by atoms with Crippen molar-refractivity contribution in [3.05, 3.63) is 50.6 Å². The number of carbonyl (C=O) groups excluding carboxylic acids is 3. The number of H-pyrrole nitrogens is 1. The summed E-state index contributed by atoms with van der Waals surface area (Å²) >= 11 is 7.53. The minimum Gasteiger partial charge on any atom is -0.351 e. The first kappa shape index (κ1) is 25.7. The standard InChI is InChI=1S/C26H31ClN6O3S/c1-32(2)26(36)14-4-6-18(29-24(35)25-31-19-8-9-33(3)13-22(19)37-25)20(11-14)30-23(34)21-12-15-10-16(27)5-7-17(15)28-21/h5,7,10,12,14,18,20,28H,4,6,8-9,11,13H2,1-3H3,(H,29,35)(H,30,34)/t14-,18?,20?/m0/s1. The Morgan fingerprint density at radius 3 is 2.70 bits per heavy atom. The second-order valence-corrected chi connectivity index (χ2v) is 11.7. The van der Waals surface area contributed by atoms with Crippen molar-refractivity contribution in [2.45, 2.75) is 44.3 Å². The lowest BCUT2D eigenvalue weighted by atomic mass is 9.81. The highest BCUT2D eigenvalue weighted by Crippen LogP contribution is 2.29. The van der Waals surface area contributed by atoms with Gasteiger partial charge in [-0.25, -0.2) is 4.98 Å². The second-order valence-electron chi connectivity index (χ2n) is 10.2. The molecule has 3 atom stereocenters. The average molecular weight is 543 g/mol. The van der Waals surface area contributed by atoms with E-state index in [-0.39, 0.29) is 29.7 Å². The van der Waals surface area contributed by atoms with Crippen LogP contribution in [0.2, 0.25) is 5.02 Å². The number of thiazole rings is 1. The van der Waals surface area contributed by atoms with Gasteiger partial charge in [-0.05, 0) is 50.6 Å². The minimum atomic E-state index is -0.408. The number of nitrogens with zero attached hydrogens (tertiary/aromatic N) is 3. The number of halogens is 1. The molecule has 1 fully saturated rings. The summed E-state index contributed by atoms with van der Waals surface area (Å²) in [4.78, 5) is 51.8. The zero-order valence-electron chi connectivity index (χ0n) is 21.1. The Morgan fingerprint density at radius 2 is 1.92 bits per heavy atom. The summed E-state index contributed by atoms with van der Waals surface area (Å²) in [6.07, 6.45) is 2.50. The topological polar surface area (TPSA) is 110 Å². The van der Waals surface area contributed by atoms with Crippen LogP contribution in [0.1, 0.15) is 50.1 Å². The summed E-state index contributed by atoms with van der Waals surface area (Å²) in [5.41, 5.74) is 2.21. The van der Waals surface area contributed by atoms with Crippen LogP contribution in [0.25, 0.3) is 10.9 Å². The monoisotopic (exact) mass is 542 g/mol. The number of nitrogens with one attached hydrogen (secondary N) is 3. The summed E-state index contributed by atoms with van der Waals surface area (Å²) in [7, 11) is 5.53. The van der Waals surface area contributed by atoms with Crippen LogP contribution in [0.15, 0.2) is 24.3 Å². The Kier molecular flexibility index (Phi) is 7.24. The number of rotatable bonds is 5. The summed E-state index contributed by atoms with van der Waals surface area (Å²) in [6.45, 7) is 1.72. The van der Waals surface area contributed by atoms with Crippen molar-refractivity contribution in [2.75, 3.05) is 27.7 Å². The Labute approximate surface area is 224 Å². The molecule has 37 heavy (non-hydrogen) atoms. The maximum absolute atomic E-state index is 13.2. The molecule has 3 N–H and O–H groups in total. The van der Waals surface area contributed by atoms with Crippen molar-refractivity contribution in [3.8, 4) is 0 Å². The fraction of sp³-hybridized carbons (Fsp3) is 0.462. The van der Waals surface area contributed by atoms with Crippen molar-refractivity contribution >= 4 is 51.6 Å². The molecule has 1 aliphatic heterocycles. The summed E-state index contributed by atoms with van der Waals surface area (Å²) < 4.78 is 0. The molecule has 1 aromatic carbocycles. The van der Waals surface area contributed by atoms with Crippen molar-refractivity contribution in [3.63, 3.8) is 0 Å². The maximum Gasteiger partial charge on any atom is 0.280 e. The molecule has 0 bridgehead atoms. The van der Waals surface area contributed by atoms with E-state index in [2.05, 4.69) is 32.5 Å². The molecule has 2 unspecified atom stereocenters. The van der Waals surface area contributed by atoms with Gasteiger partial charge in [-0.15, -0.1) is 11.3 Å². The zero-order valence-corrected chi connectivity index (χ0v) is 22.7. The molecule has 3 aromatic rings. The molecule has 9 nitrogen and oxygen atoms in total. The van der Waals surface area contributed by atoms with Crippen LogP contribution in [0.3, 0.4) is 0 Å². The molecule has 3 amide bonds. The van der Waals surface area contributed by atoms with Crippen LogP contribution < -0.4 is 10.6 Å². The molecule has 11 heteroatoms. The maximum atomic E-state index is 13.2. The van der Waals surface area contributed by atoms with E-state index in [0.717, 1.165) is 41.0 Å². The first-order chi connectivity index (χ1) is 17.7. The van der Waals surface area contributed by atoms with Crippen LogP contribution >= 0.6 is 22.9 Å². The van der Waals surface area contributed by atoms with E-state index in [0.29, 0.717) is 35.0 Å². The van der Waals surface area contributed by atoms with Crippen LogP contribution in [0.4, 0.5) is 0 Å². The van der Waals surface area contributed by atoms with E-state index in [1.165, 1.54) is 11.3 Å². The van der Waals surface area contributed by atoms with Crippen molar-refractivity contribution in [2.24, 2.45) is 5.92 Å². The smallest absolute Gasteiger partial charge is 0.280 e.